The van der Waals surface area contributed by atoms with Gasteiger partial charge in [0.15, 0.2) is 0 Å². The van der Waals surface area contributed by atoms with E-state index in [1.165, 1.54) is 0 Å². The standard InChI is InChI=1S/C8H15N2.BrH/c1-8(2,3)10-6-5-9(4)7-10;/h5-7H,1-4H3;1H/q+1;/p-1. The highest BCUT2D eigenvalue weighted by molar-refractivity contribution is 4.77. The molecule has 0 aliphatic rings. The van der Waals surface area contributed by atoms with Crippen LogP contribution < -0.4 is 21.5 Å². The van der Waals surface area contributed by atoms with Gasteiger partial charge in [0.2, 0.25) is 6.33 Å². The number of halogens is 1. The Hall–Kier alpha value is -0.310. The SMILES string of the molecule is C[n+]1ccn(C(C)(C)C)c1.[Br-]. The van der Waals surface area contributed by atoms with Crippen LogP contribution in [-0.4, -0.2) is 4.57 Å². The second-order valence-corrected chi connectivity index (χ2v) is 3.66. The molecule has 64 valence electrons. The third-order valence-electron chi connectivity index (χ3n) is 1.54. The highest BCUT2D eigenvalue weighted by atomic mass is 79.9. The number of rotatable bonds is 0. The van der Waals surface area contributed by atoms with Crippen LogP contribution in [0.25, 0.3) is 0 Å². The molecule has 1 heterocycles. The van der Waals surface area contributed by atoms with Crippen molar-refractivity contribution < 1.29 is 21.5 Å². The molecule has 1 aromatic heterocycles. The molecule has 1 aromatic rings. The monoisotopic (exact) mass is 218 g/mol. The Bertz CT molecular complexity index is 222. The van der Waals surface area contributed by atoms with Gasteiger partial charge in [-0.05, 0) is 20.8 Å². The number of imidazole rings is 1. The maximum Gasteiger partial charge on any atom is 0.243 e. The van der Waals surface area contributed by atoms with Crippen molar-refractivity contribution in [2.75, 3.05) is 0 Å². The van der Waals surface area contributed by atoms with Crippen LogP contribution in [0.1, 0.15) is 20.8 Å². The molecule has 0 aliphatic heterocycles. The average Bonchev–Trinajstić information content (AvgIpc) is 2.11. The van der Waals surface area contributed by atoms with Gasteiger partial charge in [0, 0.05) is 0 Å². The Morgan fingerprint density at radius 2 is 1.82 bits per heavy atom. The van der Waals surface area contributed by atoms with Crippen LogP contribution in [0.15, 0.2) is 18.7 Å². The van der Waals surface area contributed by atoms with Crippen LogP contribution in [0.2, 0.25) is 0 Å². The van der Waals surface area contributed by atoms with E-state index in [1.807, 2.05) is 17.8 Å². The Morgan fingerprint density at radius 1 is 1.27 bits per heavy atom. The maximum absolute atomic E-state index is 2.19. The highest BCUT2D eigenvalue weighted by Crippen LogP contribution is 2.10. The summed E-state index contributed by atoms with van der Waals surface area (Å²) >= 11 is 0. The van der Waals surface area contributed by atoms with E-state index in [9.17, 15) is 0 Å². The van der Waals surface area contributed by atoms with Crippen molar-refractivity contribution in [1.29, 1.82) is 0 Å². The normalized spacial score (nSPS) is 10.9. The predicted octanol–water partition coefficient (Wildman–Crippen LogP) is -1.93. The molecule has 0 N–H and O–H groups in total. The molecule has 3 heteroatoms. The van der Waals surface area contributed by atoms with Gasteiger partial charge in [-0.2, -0.15) is 0 Å². The first-order chi connectivity index (χ1) is 4.50. The molecule has 0 fully saturated rings. The average molecular weight is 219 g/mol. The summed E-state index contributed by atoms with van der Waals surface area (Å²) in [5.74, 6) is 0. The quantitative estimate of drug-likeness (QED) is 0.449. The molecule has 0 saturated heterocycles. The van der Waals surface area contributed by atoms with Gasteiger partial charge in [-0.1, -0.05) is 0 Å². The number of nitrogens with zero attached hydrogens (tertiary/aromatic N) is 2. The van der Waals surface area contributed by atoms with Crippen LogP contribution in [0.3, 0.4) is 0 Å². The van der Waals surface area contributed by atoms with E-state index in [-0.39, 0.29) is 22.5 Å². The predicted molar refractivity (Wildman–Crippen MR) is 40.6 cm³/mol. The molecular weight excluding hydrogens is 204 g/mol. The van der Waals surface area contributed by atoms with Crippen LogP contribution in [0.5, 0.6) is 0 Å². The second kappa shape index (κ2) is 3.39. The maximum atomic E-state index is 2.19. The number of aromatic nitrogens is 2. The zero-order valence-corrected chi connectivity index (χ0v) is 9.09. The lowest BCUT2D eigenvalue weighted by Crippen LogP contribution is -3.00. The fourth-order valence-electron chi connectivity index (χ4n) is 0.847. The Morgan fingerprint density at radius 3 is 2.00 bits per heavy atom. The van der Waals surface area contributed by atoms with Crippen LogP contribution in [0, 0.1) is 0 Å². The molecule has 0 amide bonds. The Labute approximate surface area is 78.6 Å². The van der Waals surface area contributed by atoms with Gasteiger partial charge in [-0.3, -0.25) is 0 Å². The Kier molecular flexibility index (Phi) is 3.30. The van der Waals surface area contributed by atoms with Crippen molar-refractivity contribution in [1.82, 2.24) is 4.57 Å². The fourth-order valence-corrected chi connectivity index (χ4v) is 0.847. The molecule has 11 heavy (non-hydrogen) atoms. The molecule has 0 atom stereocenters. The van der Waals surface area contributed by atoms with Gasteiger partial charge in [0.05, 0.1) is 7.05 Å². The third kappa shape index (κ3) is 2.66. The number of hydrogen-bond acceptors (Lipinski definition) is 0. The van der Waals surface area contributed by atoms with E-state index in [4.69, 9.17) is 0 Å². The van der Waals surface area contributed by atoms with E-state index in [2.05, 4.69) is 37.9 Å². The second-order valence-electron chi connectivity index (χ2n) is 3.66. The summed E-state index contributed by atoms with van der Waals surface area (Å²) in [7, 11) is 2.03. The number of aryl methyl sites for hydroxylation is 1. The molecule has 0 radical (unpaired) electrons. The third-order valence-corrected chi connectivity index (χ3v) is 1.54. The van der Waals surface area contributed by atoms with Crippen molar-refractivity contribution in [3.8, 4) is 0 Å². The molecule has 0 spiro atoms. The van der Waals surface area contributed by atoms with Gasteiger partial charge in [-0.15, -0.1) is 0 Å². The van der Waals surface area contributed by atoms with E-state index in [0.717, 1.165) is 0 Å². The zero-order valence-electron chi connectivity index (χ0n) is 7.50. The summed E-state index contributed by atoms with van der Waals surface area (Å²) in [4.78, 5) is 0. The summed E-state index contributed by atoms with van der Waals surface area (Å²) in [6.45, 7) is 6.56. The van der Waals surface area contributed by atoms with Gasteiger partial charge in [0.25, 0.3) is 0 Å². The molecule has 0 unspecified atom stereocenters. The van der Waals surface area contributed by atoms with Gasteiger partial charge < -0.3 is 17.0 Å². The van der Waals surface area contributed by atoms with E-state index >= 15 is 0 Å². The number of hydrogen-bond donors (Lipinski definition) is 0. The van der Waals surface area contributed by atoms with Crippen molar-refractivity contribution in [2.45, 2.75) is 26.3 Å². The molecular formula is C8H15BrN2. The van der Waals surface area contributed by atoms with Crippen LogP contribution in [-0.2, 0) is 12.6 Å². The van der Waals surface area contributed by atoms with E-state index in [1.54, 1.807) is 0 Å². The topological polar surface area (TPSA) is 8.81 Å². The minimum atomic E-state index is 0. The van der Waals surface area contributed by atoms with Crippen molar-refractivity contribution >= 4 is 0 Å². The van der Waals surface area contributed by atoms with E-state index in [0.29, 0.717) is 0 Å². The first-order valence-corrected chi connectivity index (χ1v) is 3.54. The first kappa shape index (κ1) is 10.7. The summed E-state index contributed by atoms with van der Waals surface area (Å²) in [6.07, 6.45) is 6.21. The van der Waals surface area contributed by atoms with Gasteiger partial charge in [-0.25, -0.2) is 9.13 Å². The lowest BCUT2D eigenvalue weighted by Gasteiger charge is -2.13. The summed E-state index contributed by atoms with van der Waals surface area (Å²) in [5.41, 5.74) is 0.210. The molecule has 0 aliphatic carbocycles. The van der Waals surface area contributed by atoms with Crippen molar-refractivity contribution in [2.24, 2.45) is 7.05 Å². The molecule has 0 bridgehead atoms. The van der Waals surface area contributed by atoms with Crippen molar-refractivity contribution in [3.05, 3.63) is 18.7 Å². The fraction of sp³-hybridized carbons (Fsp3) is 0.625. The summed E-state index contributed by atoms with van der Waals surface area (Å²) in [5, 5.41) is 0. The smallest absolute Gasteiger partial charge is 0.243 e. The minimum absolute atomic E-state index is 0. The lowest BCUT2D eigenvalue weighted by atomic mass is 10.1. The van der Waals surface area contributed by atoms with Crippen LogP contribution >= 0.6 is 0 Å². The summed E-state index contributed by atoms with van der Waals surface area (Å²) in [6, 6.07) is 0. The molecule has 0 aromatic carbocycles. The molecule has 0 saturated carbocycles. The zero-order chi connectivity index (χ0) is 7.78. The van der Waals surface area contributed by atoms with Crippen molar-refractivity contribution in [3.63, 3.8) is 0 Å². The minimum Gasteiger partial charge on any atom is -1.00 e. The first-order valence-electron chi connectivity index (χ1n) is 3.54. The largest absolute Gasteiger partial charge is 1.00 e. The summed E-state index contributed by atoms with van der Waals surface area (Å²) < 4.78 is 4.23. The lowest BCUT2D eigenvalue weighted by molar-refractivity contribution is -0.671. The Balaban J connectivity index is 0.000001000. The van der Waals surface area contributed by atoms with Crippen LogP contribution in [0.4, 0.5) is 0 Å². The van der Waals surface area contributed by atoms with E-state index < -0.39 is 0 Å². The van der Waals surface area contributed by atoms with Gasteiger partial charge in [0.1, 0.15) is 17.9 Å². The molecule has 2 nitrogen and oxygen atoms in total. The molecule has 1 rings (SSSR count). The highest BCUT2D eigenvalue weighted by Gasteiger charge is 2.17. The van der Waals surface area contributed by atoms with Gasteiger partial charge >= 0.3 is 0 Å².